The van der Waals surface area contributed by atoms with E-state index in [1.54, 1.807) is 17.0 Å². The van der Waals surface area contributed by atoms with E-state index < -0.39 is 0 Å². The lowest BCUT2D eigenvalue weighted by molar-refractivity contribution is -0.118. The van der Waals surface area contributed by atoms with Gasteiger partial charge in [0.1, 0.15) is 11.5 Å². The number of anilines is 1. The van der Waals surface area contributed by atoms with E-state index in [0.29, 0.717) is 23.5 Å². The zero-order valence-corrected chi connectivity index (χ0v) is 12.8. The largest absolute Gasteiger partial charge is 0.356 e. The molecule has 0 bridgehead atoms. The highest BCUT2D eigenvalue weighted by atomic mass is 19.1. The van der Waals surface area contributed by atoms with E-state index in [-0.39, 0.29) is 18.1 Å². The molecule has 0 saturated heterocycles. The van der Waals surface area contributed by atoms with Gasteiger partial charge in [-0.2, -0.15) is 0 Å². The van der Waals surface area contributed by atoms with Crippen molar-refractivity contribution >= 4 is 22.6 Å². The van der Waals surface area contributed by atoms with Gasteiger partial charge in [-0.15, -0.1) is 0 Å². The number of rotatable bonds is 5. The number of benzene rings is 2. The summed E-state index contributed by atoms with van der Waals surface area (Å²) in [6.45, 7) is 2.57. The highest BCUT2D eigenvalue weighted by Gasteiger charge is 2.19. The average Bonchev–Trinajstić information content (AvgIpc) is 2.97. The van der Waals surface area contributed by atoms with Gasteiger partial charge < -0.3 is 9.42 Å². The minimum Gasteiger partial charge on any atom is -0.356 e. The Morgan fingerprint density at radius 1 is 1.17 bits per heavy atom. The van der Waals surface area contributed by atoms with E-state index in [0.717, 1.165) is 11.8 Å². The summed E-state index contributed by atoms with van der Waals surface area (Å²) in [6.07, 6.45) is 0.955. The fourth-order valence-corrected chi connectivity index (χ4v) is 2.55. The number of halogens is 1. The molecule has 1 heterocycles. The lowest BCUT2D eigenvalue weighted by atomic mass is 10.1. The van der Waals surface area contributed by atoms with Gasteiger partial charge in [-0.25, -0.2) is 4.39 Å². The van der Waals surface area contributed by atoms with Crippen LogP contribution in [0.3, 0.4) is 0 Å². The summed E-state index contributed by atoms with van der Waals surface area (Å²) in [6, 6.07) is 13.4. The number of hydrogen-bond acceptors (Lipinski definition) is 3. The van der Waals surface area contributed by atoms with Crippen molar-refractivity contribution < 1.29 is 13.7 Å². The Morgan fingerprint density at radius 3 is 2.65 bits per heavy atom. The van der Waals surface area contributed by atoms with Crippen LogP contribution in [-0.4, -0.2) is 17.6 Å². The molecule has 23 heavy (non-hydrogen) atoms. The molecule has 1 amide bonds. The Hall–Kier alpha value is -2.69. The Balaban J connectivity index is 1.85. The Morgan fingerprint density at radius 2 is 1.91 bits per heavy atom. The van der Waals surface area contributed by atoms with Gasteiger partial charge in [-0.3, -0.25) is 4.79 Å². The van der Waals surface area contributed by atoms with Crippen molar-refractivity contribution in [2.75, 3.05) is 11.4 Å². The van der Waals surface area contributed by atoms with Crippen LogP contribution in [0, 0.1) is 5.82 Å². The van der Waals surface area contributed by atoms with Crippen LogP contribution in [0.15, 0.2) is 53.1 Å². The first kappa shape index (κ1) is 15.2. The number of amides is 1. The number of para-hydroxylation sites is 1. The van der Waals surface area contributed by atoms with Gasteiger partial charge in [0, 0.05) is 17.6 Å². The minimum absolute atomic E-state index is 0.0856. The minimum atomic E-state index is -0.319. The SMILES string of the molecule is CCCN(C(=O)Cc1noc2ccccc12)c1ccc(F)cc1. The molecular weight excluding hydrogens is 295 g/mol. The maximum atomic E-state index is 13.1. The molecule has 0 aliphatic carbocycles. The lowest BCUT2D eigenvalue weighted by Crippen LogP contribution is -2.33. The number of nitrogens with zero attached hydrogens (tertiary/aromatic N) is 2. The second-order valence-corrected chi connectivity index (χ2v) is 5.32. The van der Waals surface area contributed by atoms with Gasteiger partial charge in [0.25, 0.3) is 0 Å². The van der Waals surface area contributed by atoms with E-state index in [1.807, 2.05) is 31.2 Å². The molecule has 1 aromatic heterocycles. The predicted octanol–water partition coefficient (Wildman–Crippen LogP) is 3.95. The lowest BCUT2D eigenvalue weighted by Gasteiger charge is -2.22. The smallest absolute Gasteiger partial charge is 0.233 e. The monoisotopic (exact) mass is 312 g/mol. The van der Waals surface area contributed by atoms with Crippen molar-refractivity contribution in [2.24, 2.45) is 0 Å². The molecule has 3 aromatic rings. The normalized spacial score (nSPS) is 10.9. The molecular formula is C18H17FN2O2. The van der Waals surface area contributed by atoms with Crippen LogP contribution in [0.5, 0.6) is 0 Å². The second-order valence-electron chi connectivity index (χ2n) is 5.32. The zero-order chi connectivity index (χ0) is 16.2. The summed E-state index contributed by atoms with van der Waals surface area (Å²) in [5.41, 5.74) is 1.97. The summed E-state index contributed by atoms with van der Waals surface area (Å²) in [7, 11) is 0. The molecule has 0 unspecified atom stereocenters. The number of aromatic nitrogens is 1. The first-order valence-electron chi connectivity index (χ1n) is 7.58. The predicted molar refractivity (Wildman–Crippen MR) is 86.8 cm³/mol. The van der Waals surface area contributed by atoms with Crippen molar-refractivity contribution in [1.29, 1.82) is 0 Å². The van der Waals surface area contributed by atoms with E-state index in [9.17, 15) is 9.18 Å². The molecule has 2 aromatic carbocycles. The molecule has 0 aliphatic rings. The van der Waals surface area contributed by atoms with Gasteiger partial charge in [-0.1, -0.05) is 24.2 Å². The van der Waals surface area contributed by atoms with E-state index in [1.165, 1.54) is 12.1 Å². The molecule has 0 radical (unpaired) electrons. The molecule has 3 rings (SSSR count). The molecule has 0 spiro atoms. The third-order valence-corrected chi connectivity index (χ3v) is 3.66. The van der Waals surface area contributed by atoms with E-state index >= 15 is 0 Å². The summed E-state index contributed by atoms with van der Waals surface area (Å²) in [5.74, 6) is -0.405. The van der Waals surface area contributed by atoms with Gasteiger partial charge >= 0.3 is 0 Å². The Bertz CT molecular complexity index is 811. The van der Waals surface area contributed by atoms with Gasteiger partial charge in [0.15, 0.2) is 5.58 Å². The molecule has 0 atom stereocenters. The van der Waals surface area contributed by atoms with Crippen LogP contribution >= 0.6 is 0 Å². The van der Waals surface area contributed by atoms with Gasteiger partial charge in [-0.05, 0) is 42.8 Å². The maximum Gasteiger partial charge on any atom is 0.233 e. The van der Waals surface area contributed by atoms with Crippen LogP contribution in [0.4, 0.5) is 10.1 Å². The highest BCUT2D eigenvalue weighted by molar-refractivity contribution is 5.96. The molecule has 0 N–H and O–H groups in total. The zero-order valence-electron chi connectivity index (χ0n) is 12.8. The number of carbonyl (C=O) groups is 1. The number of fused-ring (bicyclic) bond motifs is 1. The highest BCUT2D eigenvalue weighted by Crippen LogP contribution is 2.21. The van der Waals surface area contributed by atoms with Gasteiger partial charge in [0.2, 0.25) is 5.91 Å². The molecule has 4 nitrogen and oxygen atoms in total. The summed E-state index contributed by atoms with van der Waals surface area (Å²) in [5, 5.41) is 4.85. The Kier molecular flexibility index (Phi) is 4.37. The molecule has 118 valence electrons. The summed E-state index contributed by atoms with van der Waals surface area (Å²) in [4.78, 5) is 14.3. The van der Waals surface area contributed by atoms with Crippen molar-refractivity contribution in [3.8, 4) is 0 Å². The van der Waals surface area contributed by atoms with E-state index in [2.05, 4.69) is 5.16 Å². The second kappa shape index (κ2) is 6.60. The summed E-state index contributed by atoms with van der Waals surface area (Å²) < 4.78 is 18.3. The quantitative estimate of drug-likeness (QED) is 0.716. The van der Waals surface area contributed by atoms with Crippen LogP contribution < -0.4 is 4.90 Å². The van der Waals surface area contributed by atoms with Crippen LogP contribution in [0.1, 0.15) is 19.0 Å². The third-order valence-electron chi connectivity index (χ3n) is 3.66. The van der Waals surface area contributed by atoms with Crippen molar-refractivity contribution in [3.63, 3.8) is 0 Å². The van der Waals surface area contributed by atoms with Gasteiger partial charge in [0.05, 0.1) is 6.42 Å². The number of carbonyl (C=O) groups excluding carboxylic acids is 1. The van der Waals surface area contributed by atoms with Crippen LogP contribution in [0.25, 0.3) is 11.0 Å². The van der Waals surface area contributed by atoms with Crippen LogP contribution in [0.2, 0.25) is 0 Å². The average molecular weight is 312 g/mol. The molecule has 0 fully saturated rings. The Labute approximate surface area is 133 Å². The fourth-order valence-electron chi connectivity index (χ4n) is 2.55. The topological polar surface area (TPSA) is 46.3 Å². The van der Waals surface area contributed by atoms with Crippen LogP contribution in [-0.2, 0) is 11.2 Å². The third kappa shape index (κ3) is 3.23. The van der Waals surface area contributed by atoms with Crippen molar-refractivity contribution in [3.05, 3.63) is 60.0 Å². The summed E-state index contributed by atoms with van der Waals surface area (Å²) >= 11 is 0. The maximum absolute atomic E-state index is 13.1. The first-order valence-corrected chi connectivity index (χ1v) is 7.58. The fraction of sp³-hybridized carbons (Fsp3) is 0.222. The van der Waals surface area contributed by atoms with Crippen molar-refractivity contribution in [2.45, 2.75) is 19.8 Å². The standard InChI is InChI=1S/C18H17FN2O2/c1-2-11-21(14-9-7-13(19)8-10-14)18(22)12-16-15-5-3-4-6-17(15)23-20-16/h3-10H,2,11-12H2,1H3. The molecule has 5 heteroatoms. The molecule has 0 aliphatic heterocycles. The first-order chi connectivity index (χ1) is 11.2. The number of hydrogen-bond donors (Lipinski definition) is 0. The molecule has 0 saturated carbocycles. The van der Waals surface area contributed by atoms with Crippen molar-refractivity contribution in [1.82, 2.24) is 5.16 Å². The van der Waals surface area contributed by atoms with E-state index in [4.69, 9.17) is 4.52 Å².